The maximum atomic E-state index is 13.1. The van der Waals surface area contributed by atoms with Crippen LogP contribution in [0.3, 0.4) is 0 Å². The van der Waals surface area contributed by atoms with Crippen LogP contribution >= 0.6 is 0 Å². The number of hydrogen-bond acceptors (Lipinski definition) is 4. The van der Waals surface area contributed by atoms with Crippen molar-refractivity contribution in [2.45, 2.75) is 13.8 Å². The van der Waals surface area contributed by atoms with Gasteiger partial charge in [-0.25, -0.2) is 4.39 Å². The van der Waals surface area contributed by atoms with E-state index in [2.05, 4.69) is 5.32 Å². The molecule has 0 spiro atoms. The van der Waals surface area contributed by atoms with E-state index in [1.807, 2.05) is 13.8 Å². The van der Waals surface area contributed by atoms with E-state index in [9.17, 15) is 14.5 Å². The summed E-state index contributed by atoms with van der Waals surface area (Å²) in [6.07, 6.45) is 0. The molecule has 0 fully saturated rings. The van der Waals surface area contributed by atoms with Gasteiger partial charge in [-0.3, -0.25) is 10.1 Å². The average molecular weight is 230 g/mol. The molecule has 1 aromatic rings. The van der Waals surface area contributed by atoms with Gasteiger partial charge in [-0.15, -0.1) is 0 Å². The molecule has 0 aliphatic rings. The number of nitrogens with one attached hydrogen (secondary N) is 1. The fourth-order valence-electron chi connectivity index (χ4n) is 1.02. The minimum atomic E-state index is -0.701. The maximum absolute atomic E-state index is 13.1. The summed E-state index contributed by atoms with van der Waals surface area (Å²) < 4.78 is 13.1. The molecule has 6 heteroatoms. The predicted octanol–water partition coefficient (Wildman–Crippen LogP) is 2.16. The molecule has 0 aromatic heterocycles. The highest BCUT2D eigenvalue weighted by atomic mass is 19.1. The van der Waals surface area contributed by atoms with E-state index in [-0.39, 0.29) is 24.5 Å². The second kappa shape index (κ2) is 7.58. The SMILES string of the molecule is CC.O=[N+]([O-])c1cccc(F)c1NCCO. The molecule has 2 N–H and O–H groups in total. The summed E-state index contributed by atoms with van der Waals surface area (Å²) in [5.41, 5.74) is -0.523. The Morgan fingerprint density at radius 3 is 2.62 bits per heavy atom. The van der Waals surface area contributed by atoms with Crippen LogP contribution in [0.15, 0.2) is 18.2 Å². The van der Waals surface area contributed by atoms with Crippen LogP contribution in [-0.4, -0.2) is 23.2 Å². The summed E-state index contributed by atoms with van der Waals surface area (Å²) in [7, 11) is 0. The number of benzene rings is 1. The van der Waals surface area contributed by atoms with Gasteiger partial charge in [0.05, 0.1) is 11.5 Å². The van der Waals surface area contributed by atoms with E-state index < -0.39 is 10.7 Å². The van der Waals surface area contributed by atoms with Crippen LogP contribution in [0.25, 0.3) is 0 Å². The summed E-state index contributed by atoms with van der Waals surface area (Å²) in [5, 5.41) is 21.4. The minimum Gasteiger partial charge on any atom is -0.395 e. The van der Waals surface area contributed by atoms with Gasteiger partial charge in [-0.05, 0) is 6.07 Å². The number of hydrogen-bond donors (Lipinski definition) is 2. The van der Waals surface area contributed by atoms with Crippen molar-refractivity contribution in [2.75, 3.05) is 18.5 Å². The summed E-state index contributed by atoms with van der Waals surface area (Å²) in [6.45, 7) is 3.85. The normalized spacial score (nSPS) is 9.00. The standard InChI is InChI=1S/C8H9FN2O3.C2H6/c9-6-2-1-3-7(11(13)14)8(6)10-4-5-12;1-2/h1-3,10,12H,4-5H2;1-2H3. The van der Waals surface area contributed by atoms with Gasteiger partial charge in [-0.1, -0.05) is 19.9 Å². The molecular formula is C10H15FN2O3. The van der Waals surface area contributed by atoms with Crippen LogP contribution in [0, 0.1) is 15.9 Å². The van der Waals surface area contributed by atoms with E-state index in [0.717, 1.165) is 6.07 Å². The van der Waals surface area contributed by atoms with Crippen molar-refractivity contribution < 1.29 is 14.4 Å². The van der Waals surface area contributed by atoms with Gasteiger partial charge < -0.3 is 10.4 Å². The van der Waals surface area contributed by atoms with Gasteiger partial charge in [0.15, 0.2) is 5.82 Å². The number of halogens is 1. The second-order valence-corrected chi connectivity index (χ2v) is 2.54. The molecule has 0 unspecified atom stereocenters. The van der Waals surface area contributed by atoms with Crippen LogP contribution in [0.1, 0.15) is 13.8 Å². The van der Waals surface area contributed by atoms with Gasteiger partial charge in [0.2, 0.25) is 0 Å². The molecule has 1 rings (SSSR count). The third-order valence-electron chi connectivity index (χ3n) is 1.60. The quantitative estimate of drug-likeness (QED) is 0.614. The van der Waals surface area contributed by atoms with Crippen LogP contribution in [0.5, 0.6) is 0 Å². The molecule has 5 nitrogen and oxygen atoms in total. The number of aliphatic hydroxyl groups is 1. The number of nitrogens with zero attached hydrogens (tertiary/aromatic N) is 1. The zero-order valence-electron chi connectivity index (χ0n) is 9.24. The molecule has 0 atom stereocenters. The number of para-hydroxylation sites is 1. The van der Waals surface area contributed by atoms with Crippen molar-refractivity contribution in [3.8, 4) is 0 Å². The van der Waals surface area contributed by atoms with Crippen LogP contribution in [-0.2, 0) is 0 Å². The molecule has 0 aliphatic heterocycles. The zero-order valence-corrected chi connectivity index (χ0v) is 9.24. The molecule has 0 aliphatic carbocycles. The first-order chi connectivity index (χ1) is 7.66. The van der Waals surface area contributed by atoms with Crippen LogP contribution < -0.4 is 5.32 Å². The lowest BCUT2D eigenvalue weighted by Gasteiger charge is -2.05. The van der Waals surface area contributed by atoms with Gasteiger partial charge in [0.1, 0.15) is 5.69 Å². The fraction of sp³-hybridized carbons (Fsp3) is 0.400. The number of aliphatic hydroxyl groups excluding tert-OH is 1. The van der Waals surface area contributed by atoms with E-state index in [0.29, 0.717) is 0 Å². The van der Waals surface area contributed by atoms with E-state index in [1.54, 1.807) is 0 Å². The Morgan fingerprint density at radius 1 is 1.50 bits per heavy atom. The van der Waals surface area contributed by atoms with Crippen LogP contribution in [0.2, 0.25) is 0 Å². The Balaban J connectivity index is 0.00000106. The Bertz CT molecular complexity index is 345. The summed E-state index contributed by atoms with van der Waals surface area (Å²) in [6, 6.07) is 3.58. The van der Waals surface area contributed by atoms with Crippen molar-refractivity contribution in [1.82, 2.24) is 0 Å². The predicted molar refractivity (Wildman–Crippen MR) is 60.0 cm³/mol. The molecule has 0 saturated carbocycles. The zero-order chi connectivity index (χ0) is 12.6. The van der Waals surface area contributed by atoms with Crippen molar-refractivity contribution >= 4 is 11.4 Å². The Morgan fingerprint density at radius 2 is 2.12 bits per heavy atom. The highest BCUT2D eigenvalue weighted by Gasteiger charge is 2.16. The van der Waals surface area contributed by atoms with Gasteiger partial charge in [-0.2, -0.15) is 0 Å². The topological polar surface area (TPSA) is 75.4 Å². The van der Waals surface area contributed by atoms with E-state index in [4.69, 9.17) is 5.11 Å². The number of anilines is 1. The third kappa shape index (κ3) is 3.82. The van der Waals surface area contributed by atoms with Crippen LogP contribution in [0.4, 0.5) is 15.8 Å². The maximum Gasteiger partial charge on any atom is 0.295 e. The average Bonchev–Trinajstić information content (AvgIpc) is 2.29. The molecule has 1 aromatic carbocycles. The Hall–Kier alpha value is -1.69. The minimum absolute atomic E-state index is 0.0712. The molecule has 0 heterocycles. The first-order valence-electron chi connectivity index (χ1n) is 4.94. The van der Waals surface area contributed by atoms with Gasteiger partial charge in [0.25, 0.3) is 5.69 Å². The molecular weight excluding hydrogens is 215 g/mol. The molecule has 16 heavy (non-hydrogen) atoms. The summed E-state index contributed by atoms with van der Waals surface area (Å²) >= 11 is 0. The first kappa shape index (κ1) is 14.3. The van der Waals surface area contributed by atoms with E-state index in [1.165, 1.54) is 12.1 Å². The summed E-state index contributed by atoms with van der Waals surface area (Å²) in [5.74, 6) is -0.701. The highest BCUT2D eigenvalue weighted by Crippen LogP contribution is 2.26. The monoisotopic (exact) mass is 230 g/mol. The molecule has 0 radical (unpaired) electrons. The second-order valence-electron chi connectivity index (χ2n) is 2.54. The molecule has 0 amide bonds. The van der Waals surface area contributed by atoms with E-state index >= 15 is 0 Å². The number of nitro benzene ring substituents is 1. The lowest BCUT2D eigenvalue weighted by Crippen LogP contribution is -2.09. The first-order valence-corrected chi connectivity index (χ1v) is 4.94. The number of rotatable bonds is 4. The van der Waals surface area contributed by atoms with Gasteiger partial charge in [0, 0.05) is 12.6 Å². The number of nitro groups is 1. The highest BCUT2D eigenvalue weighted by molar-refractivity contribution is 5.62. The van der Waals surface area contributed by atoms with Crippen molar-refractivity contribution in [1.29, 1.82) is 0 Å². The molecule has 90 valence electrons. The Kier molecular flexibility index (Phi) is 6.78. The van der Waals surface area contributed by atoms with Gasteiger partial charge >= 0.3 is 0 Å². The lowest BCUT2D eigenvalue weighted by atomic mass is 10.2. The fourth-order valence-corrected chi connectivity index (χ4v) is 1.02. The Labute approximate surface area is 93.1 Å². The van der Waals surface area contributed by atoms with Crippen molar-refractivity contribution in [3.63, 3.8) is 0 Å². The summed E-state index contributed by atoms with van der Waals surface area (Å²) in [4.78, 5) is 9.80. The molecule has 0 saturated heterocycles. The third-order valence-corrected chi connectivity index (χ3v) is 1.60. The molecule has 0 bridgehead atoms. The largest absolute Gasteiger partial charge is 0.395 e. The smallest absolute Gasteiger partial charge is 0.295 e. The van der Waals surface area contributed by atoms with Crippen molar-refractivity contribution in [3.05, 3.63) is 34.1 Å². The van der Waals surface area contributed by atoms with Crippen molar-refractivity contribution in [2.24, 2.45) is 0 Å². The lowest BCUT2D eigenvalue weighted by molar-refractivity contribution is -0.384.